The Balaban J connectivity index is 1.72. The lowest BCUT2D eigenvalue weighted by Gasteiger charge is -2.16. The summed E-state index contributed by atoms with van der Waals surface area (Å²) in [5.41, 5.74) is 2.34. The Hall–Kier alpha value is -2.98. The second-order valence-electron chi connectivity index (χ2n) is 6.38. The van der Waals surface area contributed by atoms with Crippen LogP contribution in [0, 0.1) is 0 Å². The van der Waals surface area contributed by atoms with E-state index in [4.69, 9.17) is 21.1 Å². The predicted molar refractivity (Wildman–Crippen MR) is 111 cm³/mol. The van der Waals surface area contributed by atoms with Crippen LogP contribution in [0.4, 0.5) is 0 Å². The fraction of sp³-hybridized carbons (Fsp3) is 0.174. The molecule has 0 spiro atoms. The van der Waals surface area contributed by atoms with Gasteiger partial charge in [0.25, 0.3) is 5.91 Å². The van der Waals surface area contributed by atoms with Gasteiger partial charge in [-0.3, -0.25) is 4.79 Å². The molecule has 0 heterocycles. The molecule has 144 valence electrons. The van der Waals surface area contributed by atoms with Gasteiger partial charge in [-0.1, -0.05) is 41.9 Å². The van der Waals surface area contributed by atoms with Crippen LogP contribution in [0.15, 0.2) is 72.8 Å². The molecule has 3 aromatic rings. The first kappa shape index (κ1) is 19.8. The van der Waals surface area contributed by atoms with Crippen molar-refractivity contribution >= 4 is 17.5 Å². The van der Waals surface area contributed by atoms with Crippen LogP contribution in [0.25, 0.3) is 0 Å². The quantitative estimate of drug-likeness (QED) is 0.581. The summed E-state index contributed by atoms with van der Waals surface area (Å²) < 4.78 is 11.2. The van der Waals surface area contributed by atoms with Gasteiger partial charge in [0, 0.05) is 16.1 Å². The Kier molecular flexibility index (Phi) is 6.56. The number of rotatable bonds is 7. The van der Waals surface area contributed by atoms with Gasteiger partial charge in [0.05, 0.1) is 13.2 Å². The van der Waals surface area contributed by atoms with Crippen LogP contribution in [0.2, 0.25) is 5.02 Å². The minimum atomic E-state index is -0.161. The number of amides is 1. The fourth-order valence-electron chi connectivity index (χ4n) is 2.83. The summed E-state index contributed by atoms with van der Waals surface area (Å²) in [6, 6.07) is 22.1. The van der Waals surface area contributed by atoms with Gasteiger partial charge in [-0.25, -0.2) is 0 Å². The summed E-state index contributed by atoms with van der Waals surface area (Å²) in [5, 5.41) is 3.67. The van der Waals surface area contributed by atoms with Crippen LogP contribution in [0.1, 0.15) is 34.5 Å². The zero-order valence-corrected chi connectivity index (χ0v) is 16.6. The summed E-state index contributed by atoms with van der Waals surface area (Å²) in [6.07, 6.45) is 0. The van der Waals surface area contributed by atoms with Crippen molar-refractivity contribution in [1.82, 2.24) is 5.32 Å². The second-order valence-corrected chi connectivity index (χ2v) is 6.81. The number of benzene rings is 3. The van der Waals surface area contributed by atoms with Crippen molar-refractivity contribution in [1.29, 1.82) is 0 Å². The van der Waals surface area contributed by atoms with E-state index in [0.29, 0.717) is 22.9 Å². The normalized spacial score (nSPS) is 11.5. The molecule has 0 radical (unpaired) electrons. The Morgan fingerprint density at radius 2 is 1.75 bits per heavy atom. The lowest BCUT2D eigenvalue weighted by atomic mass is 10.1. The SMILES string of the molecule is COc1ccc(C(=O)N[C@@H](C)c2ccc(Cl)cc2)cc1COc1ccccc1. The zero-order valence-electron chi connectivity index (χ0n) is 15.8. The topological polar surface area (TPSA) is 47.6 Å². The van der Waals surface area contributed by atoms with E-state index in [1.54, 1.807) is 25.3 Å². The maximum Gasteiger partial charge on any atom is 0.251 e. The van der Waals surface area contributed by atoms with Crippen molar-refractivity contribution in [2.45, 2.75) is 19.6 Å². The van der Waals surface area contributed by atoms with Gasteiger partial charge in [-0.05, 0) is 55.0 Å². The van der Waals surface area contributed by atoms with Crippen molar-refractivity contribution < 1.29 is 14.3 Å². The van der Waals surface area contributed by atoms with Crippen molar-refractivity contribution in [2.75, 3.05) is 7.11 Å². The van der Waals surface area contributed by atoms with Crippen molar-refractivity contribution in [3.63, 3.8) is 0 Å². The van der Waals surface area contributed by atoms with E-state index in [1.165, 1.54) is 0 Å². The highest BCUT2D eigenvalue weighted by atomic mass is 35.5. The number of ether oxygens (including phenoxy) is 2. The third-order valence-corrected chi connectivity index (χ3v) is 4.65. The minimum absolute atomic E-state index is 0.143. The molecule has 1 amide bonds. The Labute approximate surface area is 170 Å². The standard InChI is InChI=1S/C23H22ClNO3/c1-16(17-8-11-20(24)12-9-17)25-23(26)18-10-13-22(27-2)19(14-18)15-28-21-6-4-3-5-7-21/h3-14,16H,15H2,1-2H3,(H,25,26)/t16-/m0/s1. The maximum atomic E-state index is 12.7. The molecule has 28 heavy (non-hydrogen) atoms. The Bertz CT molecular complexity index is 926. The molecule has 0 unspecified atom stereocenters. The van der Waals surface area contributed by atoms with Crippen LogP contribution in [0.5, 0.6) is 11.5 Å². The number of hydrogen-bond acceptors (Lipinski definition) is 3. The third-order valence-electron chi connectivity index (χ3n) is 4.40. The molecular weight excluding hydrogens is 374 g/mol. The van der Waals surface area contributed by atoms with Crippen molar-refractivity contribution in [3.8, 4) is 11.5 Å². The zero-order chi connectivity index (χ0) is 19.9. The molecule has 0 aliphatic rings. The first-order valence-corrected chi connectivity index (χ1v) is 9.35. The first-order valence-electron chi connectivity index (χ1n) is 8.98. The van der Waals surface area contributed by atoms with Gasteiger partial charge >= 0.3 is 0 Å². The van der Waals surface area contributed by atoms with Crippen LogP contribution in [0.3, 0.4) is 0 Å². The molecule has 0 fully saturated rings. The highest BCUT2D eigenvalue weighted by molar-refractivity contribution is 6.30. The van der Waals surface area contributed by atoms with E-state index in [-0.39, 0.29) is 11.9 Å². The van der Waals surface area contributed by atoms with E-state index in [2.05, 4.69) is 5.32 Å². The van der Waals surface area contributed by atoms with Crippen LogP contribution < -0.4 is 14.8 Å². The van der Waals surface area contributed by atoms with Gasteiger partial charge in [-0.15, -0.1) is 0 Å². The molecule has 1 atom stereocenters. The monoisotopic (exact) mass is 395 g/mol. The van der Waals surface area contributed by atoms with Gasteiger partial charge in [0.15, 0.2) is 0 Å². The Morgan fingerprint density at radius 1 is 1.04 bits per heavy atom. The number of methoxy groups -OCH3 is 1. The number of carbonyl (C=O) groups excluding carboxylic acids is 1. The van der Waals surface area contributed by atoms with E-state index >= 15 is 0 Å². The van der Waals surface area contributed by atoms with Crippen LogP contribution in [-0.4, -0.2) is 13.0 Å². The molecular formula is C23H22ClNO3. The average Bonchev–Trinajstić information content (AvgIpc) is 2.73. The van der Waals surface area contributed by atoms with Gasteiger partial charge in [0.2, 0.25) is 0 Å². The molecule has 0 saturated heterocycles. The summed E-state index contributed by atoms with van der Waals surface area (Å²) in [4.78, 5) is 12.7. The minimum Gasteiger partial charge on any atom is -0.496 e. The summed E-state index contributed by atoms with van der Waals surface area (Å²) in [5.74, 6) is 1.28. The molecule has 0 aliphatic heterocycles. The molecule has 0 saturated carbocycles. The second kappa shape index (κ2) is 9.29. The lowest BCUT2D eigenvalue weighted by Crippen LogP contribution is -2.26. The van der Waals surface area contributed by atoms with E-state index < -0.39 is 0 Å². The van der Waals surface area contributed by atoms with Crippen molar-refractivity contribution in [2.24, 2.45) is 0 Å². The number of halogens is 1. The summed E-state index contributed by atoms with van der Waals surface area (Å²) in [7, 11) is 1.60. The van der Waals surface area contributed by atoms with Crippen molar-refractivity contribution in [3.05, 3.63) is 94.5 Å². The highest BCUT2D eigenvalue weighted by Crippen LogP contribution is 2.23. The summed E-state index contributed by atoms with van der Waals surface area (Å²) >= 11 is 5.93. The van der Waals surface area contributed by atoms with E-state index in [9.17, 15) is 4.79 Å². The summed E-state index contributed by atoms with van der Waals surface area (Å²) in [6.45, 7) is 2.24. The molecule has 0 aliphatic carbocycles. The molecule has 5 heteroatoms. The smallest absolute Gasteiger partial charge is 0.251 e. The van der Waals surface area contributed by atoms with E-state index in [0.717, 1.165) is 16.9 Å². The lowest BCUT2D eigenvalue weighted by molar-refractivity contribution is 0.0939. The molecule has 3 rings (SSSR count). The highest BCUT2D eigenvalue weighted by Gasteiger charge is 2.14. The fourth-order valence-corrected chi connectivity index (χ4v) is 2.95. The van der Waals surface area contributed by atoms with Gasteiger partial charge in [0.1, 0.15) is 18.1 Å². The van der Waals surface area contributed by atoms with Crippen LogP contribution in [-0.2, 0) is 6.61 Å². The maximum absolute atomic E-state index is 12.7. The largest absolute Gasteiger partial charge is 0.496 e. The Morgan fingerprint density at radius 3 is 2.43 bits per heavy atom. The first-order chi connectivity index (χ1) is 13.6. The molecule has 4 nitrogen and oxygen atoms in total. The van der Waals surface area contributed by atoms with E-state index in [1.807, 2.05) is 61.5 Å². The molecule has 1 N–H and O–H groups in total. The number of para-hydroxylation sites is 1. The molecule has 0 aromatic heterocycles. The number of nitrogens with one attached hydrogen (secondary N) is 1. The van der Waals surface area contributed by atoms with Gasteiger partial charge in [-0.2, -0.15) is 0 Å². The average molecular weight is 396 g/mol. The van der Waals surface area contributed by atoms with Gasteiger partial charge < -0.3 is 14.8 Å². The predicted octanol–water partition coefficient (Wildman–Crippen LogP) is 5.42. The molecule has 0 bridgehead atoms. The number of carbonyl (C=O) groups is 1. The third kappa shape index (κ3) is 5.05. The number of hydrogen-bond donors (Lipinski definition) is 1. The molecule has 3 aromatic carbocycles. The van der Waals surface area contributed by atoms with Crippen LogP contribution >= 0.6 is 11.6 Å².